The van der Waals surface area contributed by atoms with Gasteiger partial charge in [-0.2, -0.15) is 0 Å². The van der Waals surface area contributed by atoms with Crippen LogP contribution >= 0.6 is 0 Å². The molecule has 0 N–H and O–H groups in total. The standard InChI is InChI=1S/C20H39N3O5S/c1-21(29(25,26)15-7-6-14-28-3)19-16-18(19)17-22-9-11-23(12-10-22)20(24)8-4-5-13-27-2/h18-19H,4-17H2,1-3H3. The number of hydrogen-bond acceptors (Lipinski definition) is 6. The highest BCUT2D eigenvalue weighted by atomic mass is 32.2. The van der Waals surface area contributed by atoms with E-state index >= 15 is 0 Å². The van der Waals surface area contributed by atoms with Gasteiger partial charge in [0, 0.05) is 79.7 Å². The van der Waals surface area contributed by atoms with Crippen molar-refractivity contribution in [2.24, 2.45) is 5.92 Å². The van der Waals surface area contributed by atoms with E-state index in [1.54, 1.807) is 25.6 Å². The summed E-state index contributed by atoms with van der Waals surface area (Å²) >= 11 is 0. The quantitative estimate of drug-likeness (QED) is 0.381. The lowest BCUT2D eigenvalue weighted by atomic mass is 10.2. The zero-order chi connectivity index (χ0) is 21.3. The van der Waals surface area contributed by atoms with Gasteiger partial charge in [-0.3, -0.25) is 9.69 Å². The van der Waals surface area contributed by atoms with Crippen molar-refractivity contribution in [1.29, 1.82) is 0 Å². The normalized spacial score (nSPS) is 23.0. The zero-order valence-electron chi connectivity index (χ0n) is 18.3. The predicted octanol–water partition coefficient (Wildman–Crippen LogP) is 1.02. The minimum Gasteiger partial charge on any atom is -0.385 e. The Morgan fingerprint density at radius 3 is 2.24 bits per heavy atom. The molecule has 1 aliphatic carbocycles. The summed E-state index contributed by atoms with van der Waals surface area (Å²) in [5, 5.41) is 0. The molecule has 2 fully saturated rings. The number of nitrogens with zero attached hydrogens (tertiary/aromatic N) is 3. The molecule has 0 aromatic heterocycles. The molecule has 0 aromatic carbocycles. The number of methoxy groups -OCH3 is 2. The largest absolute Gasteiger partial charge is 0.385 e. The van der Waals surface area contributed by atoms with Crippen molar-refractivity contribution in [1.82, 2.24) is 14.1 Å². The van der Waals surface area contributed by atoms with Crippen LogP contribution in [0.1, 0.15) is 38.5 Å². The molecule has 8 nitrogen and oxygen atoms in total. The fraction of sp³-hybridized carbons (Fsp3) is 0.950. The van der Waals surface area contributed by atoms with E-state index in [4.69, 9.17) is 9.47 Å². The molecule has 0 bridgehead atoms. The van der Waals surface area contributed by atoms with Gasteiger partial charge in [0.25, 0.3) is 0 Å². The van der Waals surface area contributed by atoms with E-state index in [1.807, 2.05) is 4.90 Å². The smallest absolute Gasteiger partial charge is 0.222 e. The minimum absolute atomic E-state index is 0.128. The molecule has 1 saturated heterocycles. The fourth-order valence-corrected chi connectivity index (χ4v) is 5.47. The molecule has 2 atom stereocenters. The minimum atomic E-state index is -3.19. The third-order valence-corrected chi connectivity index (χ3v) is 7.95. The maximum atomic E-state index is 12.5. The van der Waals surface area contributed by atoms with Gasteiger partial charge < -0.3 is 14.4 Å². The lowest BCUT2D eigenvalue weighted by molar-refractivity contribution is -0.133. The summed E-state index contributed by atoms with van der Waals surface area (Å²) in [5.74, 6) is 0.843. The molecular formula is C20H39N3O5S. The van der Waals surface area contributed by atoms with Gasteiger partial charge in [0.05, 0.1) is 5.75 Å². The number of hydrogen-bond donors (Lipinski definition) is 0. The lowest BCUT2D eigenvalue weighted by Gasteiger charge is -2.35. The molecular weight excluding hydrogens is 394 g/mol. The maximum Gasteiger partial charge on any atom is 0.222 e. The van der Waals surface area contributed by atoms with Gasteiger partial charge in [-0.15, -0.1) is 0 Å². The van der Waals surface area contributed by atoms with Gasteiger partial charge in [-0.25, -0.2) is 12.7 Å². The van der Waals surface area contributed by atoms with Crippen LogP contribution in [-0.2, 0) is 24.3 Å². The Morgan fingerprint density at radius 2 is 1.62 bits per heavy atom. The summed E-state index contributed by atoms with van der Waals surface area (Å²) in [6.45, 7) is 5.53. The van der Waals surface area contributed by atoms with E-state index in [0.29, 0.717) is 32.0 Å². The van der Waals surface area contributed by atoms with Crippen molar-refractivity contribution in [2.75, 3.05) is 73.0 Å². The summed E-state index contributed by atoms with van der Waals surface area (Å²) in [6.07, 6.45) is 4.75. The van der Waals surface area contributed by atoms with Gasteiger partial charge in [-0.05, 0) is 38.0 Å². The highest BCUT2D eigenvalue weighted by Crippen LogP contribution is 2.37. The van der Waals surface area contributed by atoms with Gasteiger partial charge in [0.2, 0.25) is 15.9 Å². The summed E-state index contributed by atoms with van der Waals surface area (Å²) in [7, 11) is 1.85. The highest BCUT2D eigenvalue weighted by molar-refractivity contribution is 7.89. The molecule has 170 valence electrons. The number of ether oxygens (including phenoxy) is 2. The van der Waals surface area contributed by atoms with Crippen LogP contribution < -0.4 is 0 Å². The Morgan fingerprint density at radius 1 is 1.00 bits per heavy atom. The van der Waals surface area contributed by atoms with Gasteiger partial charge in [-0.1, -0.05) is 0 Å². The fourth-order valence-electron chi connectivity index (χ4n) is 3.95. The Hall–Kier alpha value is -0.740. The number of rotatable bonds is 14. The van der Waals surface area contributed by atoms with Crippen molar-refractivity contribution in [3.63, 3.8) is 0 Å². The van der Waals surface area contributed by atoms with Gasteiger partial charge in [0.1, 0.15) is 0 Å². The molecule has 1 aliphatic heterocycles. The van der Waals surface area contributed by atoms with E-state index in [9.17, 15) is 13.2 Å². The van der Waals surface area contributed by atoms with Crippen LogP contribution in [0.4, 0.5) is 0 Å². The van der Waals surface area contributed by atoms with Gasteiger partial charge >= 0.3 is 0 Å². The number of sulfonamides is 1. The second-order valence-electron chi connectivity index (χ2n) is 8.23. The van der Waals surface area contributed by atoms with Crippen molar-refractivity contribution >= 4 is 15.9 Å². The van der Waals surface area contributed by atoms with E-state index in [1.165, 1.54) is 0 Å². The molecule has 0 radical (unpaired) electrons. The molecule has 0 spiro atoms. The topological polar surface area (TPSA) is 79.4 Å². The lowest BCUT2D eigenvalue weighted by Crippen LogP contribution is -2.49. The van der Waals surface area contributed by atoms with Crippen molar-refractivity contribution in [3.8, 4) is 0 Å². The molecule has 1 saturated carbocycles. The molecule has 2 aliphatic rings. The number of unbranched alkanes of at least 4 members (excludes halogenated alkanes) is 2. The Balaban J connectivity index is 1.64. The highest BCUT2D eigenvalue weighted by Gasteiger charge is 2.45. The first-order valence-corrected chi connectivity index (χ1v) is 12.4. The Labute approximate surface area is 176 Å². The van der Waals surface area contributed by atoms with Crippen LogP contribution in [-0.4, -0.2) is 107 Å². The first kappa shape index (κ1) is 24.5. The number of carbonyl (C=O) groups excluding carboxylic acids is 1. The number of carbonyl (C=O) groups is 1. The SMILES string of the molecule is COCCCCC(=O)N1CCN(CC2CC2N(C)S(=O)(=O)CCCCOC)CC1. The van der Waals surface area contributed by atoms with E-state index < -0.39 is 10.0 Å². The molecule has 29 heavy (non-hydrogen) atoms. The van der Waals surface area contributed by atoms with Crippen molar-refractivity contribution in [3.05, 3.63) is 0 Å². The maximum absolute atomic E-state index is 12.5. The van der Waals surface area contributed by atoms with Crippen molar-refractivity contribution in [2.45, 2.75) is 44.6 Å². The van der Waals surface area contributed by atoms with Crippen molar-refractivity contribution < 1.29 is 22.7 Å². The van der Waals surface area contributed by atoms with E-state index in [0.717, 1.165) is 58.4 Å². The van der Waals surface area contributed by atoms with E-state index in [2.05, 4.69) is 4.90 Å². The Bertz CT molecular complexity index is 593. The average molecular weight is 434 g/mol. The number of piperazine rings is 1. The summed E-state index contributed by atoms with van der Waals surface area (Å²) in [5.41, 5.74) is 0. The number of amides is 1. The Kier molecular flexibility index (Phi) is 10.3. The zero-order valence-corrected chi connectivity index (χ0v) is 19.2. The van der Waals surface area contributed by atoms with Crippen LogP contribution in [0.3, 0.4) is 0 Å². The summed E-state index contributed by atoms with van der Waals surface area (Å²) in [4.78, 5) is 16.6. The third kappa shape index (κ3) is 8.13. The van der Waals surface area contributed by atoms with Crippen LogP contribution in [0.2, 0.25) is 0 Å². The van der Waals surface area contributed by atoms with Crippen LogP contribution in [0.25, 0.3) is 0 Å². The first-order chi connectivity index (χ1) is 13.9. The average Bonchev–Trinajstić information content (AvgIpc) is 3.47. The molecule has 1 heterocycles. The molecule has 9 heteroatoms. The second-order valence-corrected chi connectivity index (χ2v) is 10.4. The first-order valence-electron chi connectivity index (χ1n) is 10.8. The van der Waals surface area contributed by atoms with Crippen LogP contribution in [0.15, 0.2) is 0 Å². The van der Waals surface area contributed by atoms with Crippen LogP contribution in [0.5, 0.6) is 0 Å². The molecule has 0 aromatic rings. The summed E-state index contributed by atoms with van der Waals surface area (Å²) < 4.78 is 36.6. The van der Waals surface area contributed by atoms with Gasteiger partial charge in [0.15, 0.2) is 0 Å². The second kappa shape index (κ2) is 12.2. The molecule has 1 amide bonds. The van der Waals surface area contributed by atoms with Crippen LogP contribution in [0, 0.1) is 5.92 Å². The predicted molar refractivity (Wildman–Crippen MR) is 113 cm³/mol. The van der Waals surface area contributed by atoms with E-state index in [-0.39, 0.29) is 17.7 Å². The molecule has 2 unspecified atom stereocenters. The third-order valence-electron chi connectivity index (χ3n) is 6.00. The monoisotopic (exact) mass is 433 g/mol. The molecule has 2 rings (SSSR count). The summed E-state index contributed by atoms with van der Waals surface area (Å²) in [6, 6.07) is 0.128.